The van der Waals surface area contributed by atoms with E-state index in [1.165, 1.54) is 6.07 Å². The molecule has 7 heteroatoms. The number of benzene rings is 1. The summed E-state index contributed by atoms with van der Waals surface area (Å²) in [6.45, 7) is 5.76. The summed E-state index contributed by atoms with van der Waals surface area (Å²) in [6.07, 6.45) is 0. The van der Waals surface area contributed by atoms with Crippen LogP contribution in [0.3, 0.4) is 0 Å². The van der Waals surface area contributed by atoms with Crippen molar-refractivity contribution < 1.29 is 9.21 Å². The third-order valence-electron chi connectivity index (χ3n) is 3.22. The average Bonchev–Trinajstić information content (AvgIpc) is 2.48. The average molecular weight is 287 g/mol. The quantitative estimate of drug-likeness (QED) is 0.529. The van der Waals surface area contributed by atoms with Crippen LogP contribution in [0, 0.1) is 5.53 Å². The van der Waals surface area contributed by atoms with Crippen LogP contribution in [0.1, 0.15) is 24.2 Å². The van der Waals surface area contributed by atoms with Gasteiger partial charge in [-0.2, -0.15) is 0 Å². The summed E-state index contributed by atoms with van der Waals surface area (Å²) >= 11 is 0. The van der Waals surface area contributed by atoms with Crippen LogP contribution < -0.4 is 15.4 Å². The van der Waals surface area contributed by atoms with Crippen LogP contribution in [0.5, 0.6) is 0 Å². The largest absolute Gasteiger partial charge is 0.422 e. The Morgan fingerprint density at radius 2 is 2.05 bits per heavy atom. The topological polar surface area (TPSA) is 101 Å². The molecule has 0 aliphatic rings. The fourth-order valence-electron chi connectivity index (χ4n) is 2.13. The number of anilines is 1. The predicted octanol–water partition coefficient (Wildman–Crippen LogP) is 2.33. The van der Waals surface area contributed by atoms with Crippen LogP contribution in [0.15, 0.2) is 38.6 Å². The highest BCUT2D eigenvalue weighted by atomic mass is 16.4. The third-order valence-corrected chi connectivity index (χ3v) is 3.22. The monoisotopic (exact) mass is 287 g/mol. The van der Waals surface area contributed by atoms with Crippen molar-refractivity contribution >= 4 is 22.6 Å². The zero-order chi connectivity index (χ0) is 15.4. The maximum Gasteiger partial charge on any atom is 0.368 e. The van der Waals surface area contributed by atoms with Gasteiger partial charge in [-0.1, -0.05) is 0 Å². The number of nitrogens with zero attached hydrogens (tertiary/aromatic N) is 3. The molecule has 0 saturated heterocycles. The van der Waals surface area contributed by atoms with E-state index in [1.54, 1.807) is 12.1 Å². The maximum atomic E-state index is 11.8. The molecule has 0 aliphatic carbocycles. The normalized spacial score (nSPS) is 10.2. The second-order valence-corrected chi connectivity index (χ2v) is 4.35. The lowest BCUT2D eigenvalue weighted by Crippen LogP contribution is -2.21. The highest BCUT2D eigenvalue weighted by Gasteiger charge is 2.17. The summed E-state index contributed by atoms with van der Waals surface area (Å²) in [4.78, 5) is 28.1. The summed E-state index contributed by atoms with van der Waals surface area (Å²) in [7, 11) is 0. The minimum absolute atomic E-state index is 0.228. The summed E-state index contributed by atoms with van der Waals surface area (Å²) in [5.41, 5.74) is 6.88. The van der Waals surface area contributed by atoms with Gasteiger partial charge in [0.1, 0.15) is 16.7 Å². The lowest BCUT2D eigenvalue weighted by Gasteiger charge is -2.20. The van der Waals surface area contributed by atoms with Gasteiger partial charge in [0.2, 0.25) is 10.0 Å². The summed E-state index contributed by atoms with van der Waals surface area (Å²) in [5, 5.41) is 3.64. The molecule has 1 amide bonds. The Hall–Kier alpha value is -2.79. The van der Waals surface area contributed by atoms with Gasteiger partial charge in [-0.3, -0.25) is 4.79 Å². The summed E-state index contributed by atoms with van der Waals surface area (Å²) in [6, 6.07) is 6.85. The molecule has 0 saturated carbocycles. The van der Waals surface area contributed by atoms with Crippen molar-refractivity contribution in [3.63, 3.8) is 0 Å². The molecule has 1 heterocycles. The fraction of sp³-hybridized carbons (Fsp3) is 0.286. The van der Waals surface area contributed by atoms with E-state index in [1.807, 2.05) is 19.9 Å². The maximum absolute atomic E-state index is 11.8. The number of carbonyl (C=O) groups is 1. The van der Waals surface area contributed by atoms with Gasteiger partial charge in [0.15, 0.2) is 0 Å². The van der Waals surface area contributed by atoms with Gasteiger partial charge in [-0.15, -0.1) is 0 Å². The Kier molecular flexibility index (Phi) is 4.25. The highest BCUT2D eigenvalue weighted by Crippen LogP contribution is 2.22. The van der Waals surface area contributed by atoms with E-state index in [0.717, 1.165) is 18.8 Å². The van der Waals surface area contributed by atoms with Crippen molar-refractivity contribution in [3.8, 4) is 0 Å². The standard InChI is InChI=1S/C14H15N4O3/c1-3-18(4-2)10-6-5-9-7-11(13(19)16-17-15)14(20)21-12(9)8-10/h5-8,15H,3-4H2,1-2H3/q+1. The van der Waals surface area contributed by atoms with Crippen LogP contribution >= 0.6 is 0 Å². The minimum atomic E-state index is -0.881. The van der Waals surface area contributed by atoms with E-state index >= 15 is 0 Å². The number of hydrogen-bond acceptors (Lipinski definition) is 5. The summed E-state index contributed by atoms with van der Waals surface area (Å²) in [5.74, 6) is -0.881. The van der Waals surface area contributed by atoms with Crippen molar-refractivity contribution in [2.75, 3.05) is 18.0 Å². The Balaban J connectivity index is 2.57. The predicted molar refractivity (Wildman–Crippen MR) is 77.7 cm³/mol. The number of rotatable bonds is 4. The molecule has 2 rings (SSSR count). The minimum Gasteiger partial charge on any atom is -0.422 e. The first kappa shape index (κ1) is 14.6. The van der Waals surface area contributed by atoms with E-state index in [0.29, 0.717) is 11.0 Å². The first-order valence-corrected chi connectivity index (χ1v) is 6.55. The molecule has 0 atom stereocenters. The molecule has 21 heavy (non-hydrogen) atoms. The van der Waals surface area contributed by atoms with E-state index in [4.69, 9.17) is 9.95 Å². The Morgan fingerprint density at radius 1 is 1.33 bits per heavy atom. The molecule has 0 bridgehead atoms. The summed E-state index contributed by atoms with van der Waals surface area (Å²) < 4.78 is 5.17. The second kappa shape index (κ2) is 6.11. The molecule has 1 aromatic carbocycles. The van der Waals surface area contributed by atoms with Crippen molar-refractivity contribution in [1.29, 1.82) is 5.53 Å². The number of hydrogen-bond donors (Lipinski definition) is 1. The molecule has 0 spiro atoms. The van der Waals surface area contributed by atoms with E-state index in [2.05, 4.69) is 14.9 Å². The smallest absolute Gasteiger partial charge is 0.368 e. The number of fused-ring (bicyclic) bond motifs is 1. The fourth-order valence-corrected chi connectivity index (χ4v) is 2.13. The van der Waals surface area contributed by atoms with E-state index in [-0.39, 0.29) is 5.56 Å². The molecule has 0 aliphatic heterocycles. The van der Waals surface area contributed by atoms with Crippen molar-refractivity contribution in [2.45, 2.75) is 13.8 Å². The van der Waals surface area contributed by atoms with Crippen LogP contribution in [-0.4, -0.2) is 19.0 Å². The molecular formula is C14H15N4O3+. The number of carbonyl (C=O) groups excluding carboxylic acids is 1. The zero-order valence-electron chi connectivity index (χ0n) is 11.8. The van der Waals surface area contributed by atoms with Gasteiger partial charge < -0.3 is 9.32 Å². The molecule has 1 aromatic heterocycles. The van der Waals surface area contributed by atoms with Gasteiger partial charge in [0.05, 0.1) is 0 Å². The first-order chi connectivity index (χ1) is 10.1. The van der Waals surface area contributed by atoms with E-state index in [9.17, 15) is 9.59 Å². The molecule has 108 valence electrons. The molecule has 0 radical (unpaired) electrons. The SMILES string of the molecule is CCN(CC)c1ccc2cc(C(=O)N=[N+]=N)c(=O)oc2c1. The molecule has 0 unspecified atom stereocenters. The van der Waals surface area contributed by atoms with Gasteiger partial charge in [0.25, 0.3) is 0 Å². The van der Waals surface area contributed by atoms with Gasteiger partial charge in [-0.25, -0.2) is 4.79 Å². The molecule has 7 nitrogen and oxygen atoms in total. The molecule has 2 aromatic rings. The highest BCUT2D eigenvalue weighted by molar-refractivity contribution is 5.97. The number of amides is 1. The van der Waals surface area contributed by atoms with Crippen LogP contribution in [0.2, 0.25) is 0 Å². The van der Waals surface area contributed by atoms with Crippen molar-refractivity contribution in [2.24, 2.45) is 5.11 Å². The lowest BCUT2D eigenvalue weighted by molar-refractivity contribution is 0.0989. The van der Waals surface area contributed by atoms with Crippen molar-refractivity contribution in [3.05, 3.63) is 40.2 Å². The van der Waals surface area contributed by atoms with Crippen LogP contribution in [0.4, 0.5) is 5.69 Å². The Morgan fingerprint density at radius 3 is 2.67 bits per heavy atom. The molecule has 0 fully saturated rings. The molecule has 1 N–H and O–H groups in total. The number of nitrogens with one attached hydrogen (secondary N) is 1. The van der Waals surface area contributed by atoms with Gasteiger partial charge in [0, 0.05) is 30.2 Å². The van der Waals surface area contributed by atoms with E-state index < -0.39 is 11.5 Å². The van der Waals surface area contributed by atoms with Crippen LogP contribution in [0.25, 0.3) is 11.0 Å². The van der Waals surface area contributed by atoms with Gasteiger partial charge >= 0.3 is 11.5 Å². The van der Waals surface area contributed by atoms with Gasteiger partial charge in [-0.05, 0) is 32.0 Å². The Labute approximate surface area is 120 Å². The van der Waals surface area contributed by atoms with Crippen LogP contribution in [-0.2, 0) is 0 Å². The first-order valence-electron chi connectivity index (χ1n) is 6.55. The zero-order valence-corrected chi connectivity index (χ0v) is 11.8. The lowest BCUT2D eigenvalue weighted by atomic mass is 10.1. The molecular weight excluding hydrogens is 272 g/mol. The third kappa shape index (κ3) is 2.88. The van der Waals surface area contributed by atoms with Crippen molar-refractivity contribution in [1.82, 2.24) is 4.91 Å². The Bertz CT molecular complexity index is 786. The second-order valence-electron chi connectivity index (χ2n) is 4.35.